The smallest absolute Gasteiger partial charge is 0.0723 e. The minimum atomic E-state index is 0.795. The third kappa shape index (κ3) is 4.30. The van der Waals surface area contributed by atoms with Crippen LogP contribution in [0.5, 0.6) is 0 Å². The van der Waals surface area contributed by atoms with Gasteiger partial charge in [0.25, 0.3) is 0 Å². The number of benzene rings is 3. The van der Waals surface area contributed by atoms with Gasteiger partial charge in [-0.2, -0.15) is 5.10 Å². The summed E-state index contributed by atoms with van der Waals surface area (Å²) in [5.74, 6) is 0. The summed E-state index contributed by atoms with van der Waals surface area (Å²) in [6.07, 6.45) is 0.795. The van der Waals surface area contributed by atoms with Crippen LogP contribution in [0.1, 0.15) is 16.7 Å². The van der Waals surface area contributed by atoms with Crippen LogP contribution in [0.15, 0.2) is 90.0 Å². The first-order valence-electron chi connectivity index (χ1n) is 7.80. The quantitative estimate of drug-likeness (QED) is 0.517. The summed E-state index contributed by atoms with van der Waals surface area (Å²) in [4.78, 5) is 0. The Morgan fingerprint density at radius 1 is 0.783 bits per heavy atom. The van der Waals surface area contributed by atoms with Gasteiger partial charge < -0.3 is 0 Å². The summed E-state index contributed by atoms with van der Waals surface area (Å²) in [5.41, 5.74) is 8.83. The zero-order chi connectivity index (χ0) is 15.9. The van der Waals surface area contributed by atoms with Crippen LogP contribution in [0.2, 0.25) is 0 Å². The average molecular weight is 300 g/mol. The molecule has 0 heterocycles. The van der Waals surface area contributed by atoms with Crippen molar-refractivity contribution in [2.45, 2.75) is 13.3 Å². The highest BCUT2D eigenvalue weighted by Crippen LogP contribution is 2.12. The van der Waals surface area contributed by atoms with E-state index in [4.69, 9.17) is 0 Å². The van der Waals surface area contributed by atoms with Crippen molar-refractivity contribution >= 4 is 11.4 Å². The van der Waals surface area contributed by atoms with E-state index < -0.39 is 0 Å². The van der Waals surface area contributed by atoms with Crippen molar-refractivity contribution in [3.8, 4) is 0 Å². The summed E-state index contributed by atoms with van der Waals surface area (Å²) in [6, 6.07) is 29.0. The van der Waals surface area contributed by atoms with Crippen molar-refractivity contribution < 1.29 is 0 Å². The normalized spacial score (nSPS) is 11.3. The van der Waals surface area contributed by atoms with E-state index in [1.807, 2.05) is 36.4 Å². The van der Waals surface area contributed by atoms with Gasteiger partial charge in [0, 0.05) is 6.42 Å². The van der Waals surface area contributed by atoms with Crippen molar-refractivity contribution in [3.63, 3.8) is 0 Å². The van der Waals surface area contributed by atoms with Gasteiger partial charge in [-0.25, -0.2) is 0 Å². The fourth-order valence-corrected chi connectivity index (χ4v) is 2.39. The molecule has 0 amide bonds. The van der Waals surface area contributed by atoms with Gasteiger partial charge in [-0.3, -0.25) is 5.43 Å². The number of hydrogen-bond acceptors (Lipinski definition) is 2. The first-order valence-corrected chi connectivity index (χ1v) is 7.80. The summed E-state index contributed by atoms with van der Waals surface area (Å²) < 4.78 is 0. The maximum atomic E-state index is 4.66. The Morgan fingerprint density at radius 3 is 2.04 bits per heavy atom. The molecule has 3 rings (SSSR count). The molecule has 0 aromatic heterocycles. The van der Waals surface area contributed by atoms with E-state index in [2.05, 4.69) is 66.0 Å². The molecule has 0 unspecified atom stereocenters. The molecule has 3 aromatic rings. The van der Waals surface area contributed by atoms with Crippen LogP contribution in [0.25, 0.3) is 0 Å². The molecule has 2 heteroatoms. The van der Waals surface area contributed by atoms with Crippen LogP contribution < -0.4 is 5.43 Å². The maximum absolute atomic E-state index is 4.66. The summed E-state index contributed by atoms with van der Waals surface area (Å²) in [5, 5.41) is 4.66. The number of anilines is 1. The van der Waals surface area contributed by atoms with Crippen molar-refractivity contribution in [3.05, 3.63) is 102 Å². The lowest BCUT2D eigenvalue weighted by Crippen LogP contribution is -2.08. The van der Waals surface area contributed by atoms with Gasteiger partial charge in [-0.1, -0.05) is 78.4 Å². The minimum absolute atomic E-state index is 0.795. The van der Waals surface area contributed by atoms with E-state index in [-0.39, 0.29) is 0 Å². The van der Waals surface area contributed by atoms with Crippen molar-refractivity contribution in [1.29, 1.82) is 0 Å². The lowest BCUT2D eigenvalue weighted by molar-refractivity contribution is 1.24. The number of rotatable bonds is 5. The average Bonchev–Trinajstić information content (AvgIpc) is 2.61. The largest absolute Gasteiger partial charge is 0.278 e. The van der Waals surface area contributed by atoms with E-state index >= 15 is 0 Å². The monoisotopic (exact) mass is 300 g/mol. The molecular formula is C21H20N2. The SMILES string of the molecule is Cc1ccc(N/N=C(/Cc2ccccc2)c2ccccc2)cc1. The zero-order valence-electron chi connectivity index (χ0n) is 13.2. The number of nitrogens with one attached hydrogen (secondary N) is 1. The van der Waals surface area contributed by atoms with E-state index in [9.17, 15) is 0 Å². The second kappa shape index (κ2) is 7.41. The predicted octanol–water partition coefficient (Wildman–Crippen LogP) is 5.05. The molecule has 0 bridgehead atoms. The van der Waals surface area contributed by atoms with Crippen molar-refractivity contribution in [2.24, 2.45) is 5.10 Å². The number of hydrogen-bond donors (Lipinski definition) is 1. The highest BCUT2D eigenvalue weighted by molar-refractivity contribution is 6.02. The second-order valence-corrected chi connectivity index (χ2v) is 5.56. The molecule has 0 radical (unpaired) electrons. The fourth-order valence-electron chi connectivity index (χ4n) is 2.39. The first kappa shape index (κ1) is 15.0. The minimum Gasteiger partial charge on any atom is -0.278 e. The van der Waals surface area contributed by atoms with Crippen LogP contribution in [0.4, 0.5) is 5.69 Å². The topological polar surface area (TPSA) is 24.4 Å². The van der Waals surface area contributed by atoms with Crippen LogP contribution >= 0.6 is 0 Å². The molecule has 0 atom stereocenters. The molecule has 0 aliphatic carbocycles. The predicted molar refractivity (Wildman–Crippen MR) is 97.9 cm³/mol. The Hall–Kier alpha value is -2.87. The molecular weight excluding hydrogens is 280 g/mol. The zero-order valence-corrected chi connectivity index (χ0v) is 13.2. The van der Waals surface area contributed by atoms with Gasteiger partial charge >= 0.3 is 0 Å². The van der Waals surface area contributed by atoms with Gasteiger partial charge in [0.2, 0.25) is 0 Å². The Morgan fingerprint density at radius 2 is 1.39 bits per heavy atom. The van der Waals surface area contributed by atoms with E-state index in [1.54, 1.807) is 0 Å². The van der Waals surface area contributed by atoms with Gasteiger partial charge in [-0.15, -0.1) is 0 Å². The third-order valence-corrected chi connectivity index (χ3v) is 3.69. The number of hydrazone groups is 1. The summed E-state index contributed by atoms with van der Waals surface area (Å²) in [6.45, 7) is 2.08. The first-order chi connectivity index (χ1) is 11.3. The number of aryl methyl sites for hydroxylation is 1. The van der Waals surface area contributed by atoms with Gasteiger partial charge in [0.1, 0.15) is 0 Å². The van der Waals surface area contributed by atoms with Gasteiger partial charge in [0.15, 0.2) is 0 Å². The van der Waals surface area contributed by atoms with E-state index in [0.717, 1.165) is 23.4 Å². The standard InChI is InChI=1S/C21H20N2/c1-17-12-14-20(15-13-17)22-23-21(19-10-6-3-7-11-19)16-18-8-4-2-5-9-18/h2-15,22H,16H2,1H3/b23-21-. The molecule has 0 fully saturated rings. The summed E-state index contributed by atoms with van der Waals surface area (Å²) in [7, 11) is 0. The Kier molecular flexibility index (Phi) is 4.85. The fraction of sp³-hybridized carbons (Fsp3) is 0.0952. The van der Waals surface area contributed by atoms with Crippen molar-refractivity contribution in [2.75, 3.05) is 5.43 Å². The van der Waals surface area contributed by atoms with Crippen LogP contribution in [-0.2, 0) is 6.42 Å². The molecule has 0 aliphatic heterocycles. The molecule has 0 aliphatic rings. The summed E-state index contributed by atoms with van der Waals surface area (Å²) >= 11 is 0. The Bertz CT molecular complexity index is 760. The van der Waals surface area contributed by atoms with Crippen LogP contribution in [0, 0.1) is 6.92 Å². The second-order valence-electron chi connectivity index (χ2n) is 5.56. The molecule has 3 aromatic carbocycles. The van der Waals surface area contributed by atoms with E-state index in [0.29, 0.717) is 0 Å². The molecule has 0 spiro atoms. The Balaban J connectivity index is 1.85. The highest BCUT2D eigenvalue weighted by atomic mass is 15.3. The van der Waals surface area contributed by atoms with Crippen molar-refractivity contribution in [1.82, 2.24) is 0 Å². The molecule has 0 saturated carbocycles. The third-order valence-electron chi connectivity index (χ3n) is 3.69. The Labute approximate surface area is 137 Å². The molecule has 23 heavy (non-hydrogen) atoms. The van der Waals surface area contributed by atoms with Gasteiger partial charge in [-0.05, 0) is 30.2 Å². The molecule has 114 valence electrons. The van der Waals surface area contributed by atoms with E-state index in [1.165, 1.54) is 11.1 Å². The highest BCUT2D eigenvalue weighted by Gasteiger charge is 2.05. The molecule has 1 N–H and O–H groups in total. The number of nitrogens with zero attached hydrogens (tertiary/aromatic N) is 1. The lowest BCUT2D eigenvalue weighted by atomic mass is 10.0. The van der Waals surface area contributed by atoms with Crippen LogP contribution in [-0.4, -0.2) is 5.71 Å². The molecule has 2 nitrogen and oxygen atoms in total. The van der Waals surface area contributed by atoms with Crippen LogP contribution in [0.3, 0.4) is 0 Å². The van der Waals surface area contributed by atoms with Gasteiger partial charge in [0.05, 0.1) is 11.4 Å². The molecule has 0 saturated heterocycles. The lowest BCUT2D eigenvalue weighted by Gasteiger charge is -2.09. The maximum Gasteiger partial charge on any atom is 0.0723 e.